The number of anilines is 2. The van der Waals surface area contributed by atoms with Gasteiger partial charge in [0, 0.05) is 31.9 Å². The van der Waals surface area contributed by atoms with Gasteiger partial charge >= 0.3 is 0 Å². The normalized spacial score (nSPS) is 14.4. The predicted octanol–water partition coefficient (Wildman–Crippen LogP) is 2.58. The first kappa shape index (κ1) is 20.9. The van der Waals surface area contributed by atoms with Crippen LogP contribution in [0, 0.1) is 0 Å². The molecule has 5 rings (SSSR count). The Labute approximate surface area is 191 Å². The SMILES string of the molecule is COc1ccc(NC(=O)CN2CCN(c3ncnc4c3cnn4-c3ccccc3)CC2)cc1. The summed E-state index contributed by atoms with van der Waals surface area (Å²) in [6.07, 6.45) is 3.42. The highest BCUT2D eigenvalue weighted by Crippen LogP contribution is 2.25. The molecule has 3 heterocycles. The molecule has 1 aliphatic rings. The number of methoxy groups -OCH3 is 1. The number of benzene rings is 2. The van der Waals surface area contributed by atoms with Crippen molar-refractivity contribution >= 4 is 28.4 Å². The van der Waals surface area contributed by atoms with Gasteiger partial charge in [0.05, 0.1) is 30.9 Å². The van der Waals surface area contributed by atoms with Crippen LogP contribution in [-0.2, 0) is 4.79 Å². The third-order valence-electron chi connectivity index (χ3n) is 5.76. The first-order chi connectivity index (χ1) is 16.2. The molecule has 0 radical (unpaired) electrons. The van der Waals surface area contributed by atoms with E-state index >= 15 is 0 Å². The van der Waals surface area contributed by atoms with E-state index in [2.05, 4.69) is 30.2 Å². The quantitative estimate of drug-likeness (QED) is 0.490. The van der Waals surface area contributed by atoms with Crippen LogP contribution in [0.1, 0.15) is 0 Å². The average molecular weight is 444 g/mol. The number of carbonyl (C=O) groups is 1. The Morgan fingerprint density at radius 2 is 1.76 bits per heavy atom. The fourth-order valence-electron chi connectivity index (χ4n) is 4.04. The van der Waals surface area contributed by atoms with Crippen molar-refractivity contribution in [3.8, 4) is 11.4 Å². The van der Waals surface area contributed by atoms with E-state index in [1.165, 1.54) is 0 Å². The van der Waals surface area contributed by atoms with Gasteiger partial charge in [0.15, 0.2) is 5.65 Å². The van der Waals surface area contributed by atoms with Gasteiger partial charge in [0.1, 0.15) is 17.9 Å². The van der Waals surface area contributed by atoms with Crippen molar-refractivity contribution in [3.05, 3.63) is 67.1 Å². The number of para-hydroxylation sites is 1. The van der Waals surface area contributed by atoms with Gasteiger partial charge in [0.2, 0.25) is 5.91 Å². The first-order valence-electron chi connectivity index (χ1n) is 10.9. The summed E-state index contributed by atoms with van der Waals surface area (Å²) in [4.78, 5) is 25.9. The number of hydrogen-bond donors (Lipinski definition) is 1. The Balaban J connectivity index is 1.22. The number of rotatable bonds is 6. The molecule has 2 aromatic heterocycles. The van der Waals surface area contributed by atoms with E-state index < -0.39 is 0 Å². The van der Waals surface area contributed by atoms with Crippen LogP contribution in [0.3, 0.4) is 0 Å². The summed E-state index contributed by atoms with van der Waals surface area (Å²) in [5.41, 5.74) is 2.51. The lowest BCUT2D eigenvalue weighted by Crippen LogP contribution is -2.49. The molecule has 4 aromatic rings. The number of ether oxygens (including phenoxy) is 1. The maximum absolute atomic E-state index is 12.5. The van der Waals surface area contributed by atoms with E-state index in [-0.39, 0.29) is 5.91 Å². The van der Waals surface area contributed by atoms with E-state index in [1.54, 1.807) is 13.4 Å². The van der Waals surface area contributed by atoms with Crippen LogP contribution in [0.5, 0.6) is 5.75 Å². The van der Waals surface area contributed by atoms with Gasteiger partial charge < -0.3 is 15.0 Å². The van der Waals surface area contributed by atoms with Crippen molar-refractivity contribution < 1.29 is 9.53 Å². The molecule has 2 aromatic carbocycles. The van der Waals surface area contributed by atoms with Crippen molar-refractivity contribution in [1.29, 1.82) is 0 Å². The number of carbonyl (C=O) groups excluding carboxylic acids is 1. The van der Waals surface area contributed by atoms with Crippen LogP contribution in [-0.4, -0.2) is 70.4 Å². The Morgan fingerprint density at radius 3 is 2.48 bits per heavy atom. The molecule has 33 heavy (non-hydrogen) atoms. The Bertz CT molecular complexity index is 1230. The standard InChI is InChI=1S/C24H25N7O2/c1-33-20-9-7-18(8-10-20)28-22(32)16-29-11-13-30(14-12-29)23-21-15-27-31(24(21)26-17-25-23)19-5-3-2-4-6-19/h2-10,15,17H,11-14,16H2,1H3,(H,28,32). The smallest absolute Gasteiger partial charge is 0.238 e. The highest BCUT2D eigenvalue weighted by Gasteiger charge is 2.22. The van der Waals surface area contributed by atoms with Gasteiger partial charge in [0.25, 0.3) is 0 Å². The number of amides is 1. The van der Waals surface area contributed by atoms with Crippen LogP contribution < -0.4 is 15.0 Å². The largest absolute Gasteiger partial charge is 0.497 e. The van der Waals surface area contributed by atoms with Crippen LogP contribution >= 0.6 is 0 Å². The van der Waals surface area contributed by atoms with Crippen molar-refractivity contribution in [2.24, 2.45) is 0 Å². The molecule has 1 saturated heterocycles. The Hall–Kier alpha value is -3.98. The lowest BCUT2D eigenvalue weighted by atomic mass is 10.2. The van der Waals surface area contributed by atoms with Crippen LogP contribution in [0.15, 0.2) is 67.1 Å². The minimum Gasteiger partial charge on any atom is -0.497 e. The van der Waals surface area contributed by atoms with Gasteiger partial charge in [-0.05, 0) is 36.4 Å². The molecule has 0 atom stereocenters. The van der Waals surface area contributed by atoms with Crippen molar-refractivity contribution in [1.82, 2.24) is 24.6 Å². The molecule has 1 fully saturated rings. The fourth-order valence-corrected chi connectivity index (χ4v) is 4.04. The lowest BCUT2D eigenvalue weighted by molar-refractivity contribution is -0.117. The van der Waals surface area contributed by atoms with E-state index in [9.17, 15) is 4.79 Å². The first-order valence-corrected chi connectivity index (χ1v) is 10.9. The van der Waals surface area contributed by atoms with Crippen LogP contribution in [0.25, 0.3) is 16.7 Å². The zero-order chi connectivity index (χ0) is 22.6. The number of nitrogens with zero attached hydrogens (tertiary/aromatic N) is 6. The minimum absolute atomic E-state index is 0.0258. The van der Waals surface area contributed by atoms with Gasteiger partial charge in [-0.2, -0.15) is 5.10 Å². The summed E-state index contributed by atoms with van der Waals surface area (Å²) >= 11 is 0. The topological polar surface area (TPSA) is 88.4 Å². The molecule has 9 nitrogen and oxygen atoms in total. The predicted molar refractivity (Wildman–Crippen MR) is 127 cm³/mol. The molecule has 9 heteroatoms. The number of nitrogens with one attached hydrogen (secondary N) is 1. The Kier molecular flexibility index (Phi) is 5.86. The fraction of sp³-hybridized carbons (Fsp3) is 0.250. The molecule has 168 valence electrons. The average Bonchev–Trinajstić information content (AvgIpc) is 3.30. The van der Waals surface area contributed by atoms with Crippen LogP contribution in [0.2, 0.25) is 0 Å². The van der Waals surface area contributed by atoms with Crippen molar-refractivity contribution in [2.45, 2.75) is 0 Å². The van der Waals surface area contributed by atoms with Gasteiger partial charge in [-0.15, -0.1) is 0 Å². The van der Waals surface area contributed by atoms with Gasteiger partial charge in [-0.25, -0.2) is 14.6 Å². The van der Waals surface area contributed by atoms with Crippen molar-refractivity contribution in [2.75, 3.05) is 50.1 Å². The maximum Gasteiger partial charge on any atom is 0.238 e. The second-order valence-electron chi connectivity index (χ2n) is 7.87. The van der Waals surface area contributed by atoms with Crippen LogP contribution in [0.4, 0.5) is 11.5 Å². The number of aromatic nitrogens is 4. The minimum atomic E-state index is -0.0258. The maximum atomic E-state index is 12.5. The molecule has 0 saturated carbocycles. The summed E-state index contributed by atoms with van der Waals surface area (Å²) in [7, 11) is 1.62. The van der Waals surface area contributed by atoms with Gasteiger partial charge in [-0.1, -0.05) is 18.2 Å². The molecule has 0 aliphatic carbocycles. The number of hydrogen-bond acceptors (Lipinski definition) is 7. The molecular formula is C24H25N7O2. The van der Waals surface area contributed by atoms with E-state index in [0.29, 0.717) is 6.54 Å². The molecule has 0 spiro atoms. The number of fused-ring (bicyclic) bond motifs is 1. The summed E-state index contributed by atoms with van der Waals surface area (Å²) < 4.78 is 6.99. The van der Waals surface area contributed by atoms with E-state index in [0.717, 1.165) is 60.2 Å². The lowest BCUT2D eigenvalue weighted by Gasteiger charge is -2.35. The summed E-state index contributed by atoms with van der Waals surface area (Å²) in [6.45, 7) is 3.45. The van der Waals surface area contributed by atoms with E-state index in [1.807, 2.05) is 65.5 Å². The monoisotopic (exact) mass is 443 g/mol. The Morgan fingerprint density at radius 1 is 1.00 bits per heavy atom. The zero-order valence-electron chi connectivity index (χ0n) is 18.4. The number of piperazine rings is 1. The molecule has 0 unspecified atom stereocenters. The zero-order valence-corrected chi connectivity index (χ0v) is 18.4. The highest BCUT2D eigenvalue weighted by molar-refractivity contribution is 5.92. The highest BCUT2D eigenvalue weighted by atomic mass is 16.5. The summed E-state index contributed by atoms with van der Waals surface area (Å²) in [5.74, 6) is 1.61. The second-order valence-corrected chi connectivity index (χ2v) is 7.87. The molecule has 1 N–H and O–H groups in total. The molecular weight excluding hydrogens is 418 g/mol. The third-order valence-corrected chi connectivity index (χ3v) is 5.76. The second kappa shape index (κ2) is 9.25. The van der Waals surface area contributed by atoms with Crippen molar-refractivity contribution in [3.63, 3.8) is 0 Å². The molecule has 1 aliphatic heterocycles. The third kappa shape index (κ3) is 4.49. The molecule has 0 bridgehead atoms. The van der Waals surface area contributed by atoms with E-state index in [4.69, 9.17) is 4.74 Å². The molecule has 1 amide bonds. The van der Waals surface area contributed by atoms with Gasteiger partial charge in [-0.3, -0.25) is 9.69 Å². The summed E-state index contributed by atoms with van der Waals surface area (Å²) in [5, 5.41) is 8.41. The summed E-state index contributed by atoms with van der Waals surface area (Å²) in [6, 6.07) is 17.3.